The minimum Gasteiger partial charge on any atom is -0.481 e. The summed E-state index contributed by atoms with van der Waals surface area (Å²) in [5, 5.41) is 8.71. The molecule has 2 N–H and O–H groups in total. The van der Waals surface area contributed by atoms with Crippen LogP contribution in [0.2, 0.25) is 0 Å². The van der Waals surface area contributed by atoms with E-state index in [1.807, 2.05) is 6.08 Å². The van der Waals surface area contributed by atoms with Gasteiger partial charge in [-0.25, -0.2) is 12.8 Å². The zero-order valence-electron chi connectivity index (χ0n) is 16.4. The highest BCUT2D eigenvalue weighted by Gasteiger charge is 2.42. The minimum absolute atomic E-state index is 0.0494. The molecule has 2 aliphatic carbocycles. The Morgan fingerprint density at radius 1 is 1.24 bits per heavy atom. The fourth-order valence-corrected chi connectivity index (χ4v) is 5.34. The summed E-state index contributed by atoms with van der Waals surface area (Å²) in [6, 6.07) is 5.87. The topological polar surface area (TPSA) is 83.5 Å². The Balaban J connectivity index is 1.57. The number of benzene rings is 1. The normalized spacial score (nSPS) is 25.1. The molecule has 0 radical (unpaired) electrons. The number of unbranched alkanes of at least 4 members (excludes halogenated alkanes) is 1. The number of carboxylic acids is 1. The van der Waals surface area contributed by atoms with E-state index in [0.29, 0.717) is 24.7 Å². The average Bonchev–Trinajstić information content (AvgIpc) is 3.27. The second-order valence-corrected chi connectivity index (χ2v) is 9.84. The number of aryl methyl sites for hydroxylation is 1. The molecule has 0 saturated heterocycles. The molecule has 2 aliphatic rings. The molecule has 3 atom stereocenters. The average molecular weight is 422 g/mol. The van der Waals surface area contributed by atoms with Crippen LogP contribution in [-0.2, 0) is 21.2 Å². The van der Waals surface area contributed by atoms with Crippen LogP contribution in [0.3, 0.4) is 0 Å². The quantitative estimate of drug-likeness (QED) is 0.441. The molecule has 2 bridgehead atoms. The first-order valence-electron chi connectivity index (χ1n) is 10.2. The lowest BCUT2D eigenvalue weighted by molar-refractivity contribution is -0.137. The summed E-state index contributed by atoms with van der Waals surface area (Å²) in [5.74, 6) is 0.0379. The van der Waals surface area contributed by atoms with Crippen molar-refractivity contribution in [2.24, 2.45) is 17.8 Å². The van der Waals surface area contributed by atoms with Gasteiger partial charge in [-0.1, -0.05) is 24.3 Å². The highest BCUT2D eigenvalue weighted by Crippen LogP contribution is 2.52. The first-order chi connectivity index (χ1) is 13.8. The Kier molecular flexibility index (Phi) is 7.11. The van der Waals surface area contributed by atoms with Gasteiger partial charge in [0.25, 0.3) is 0 Å². The Hall–Kier alpha value is -2.15. The zero-order chi connectivity index (χ0) is 20.9. The van der Waals surface area contributed by atoms with Crippen molar-refractivity contribution in [1.29, 1.82) is 0 Å². The maximum Gasteiger partial charge on any atom is 0.303 e. The molecule has 1 aromatic rings. The number of allylic oxidation sites excluding steroid dienone is 3. The van der Waals surface area contributed by atoms with Crippen molar-refractivity contribution < 1.29 is 22.7 Å². The van der Waals surface area contributed by atoms with Gasteiger partial charge in [0.2, 0.25) is 10.0 Å². The SMILES string of the molecule is O=C(O)CCCC=CC1C(=CNS(=O)(=O)CCc2ccc(F)cc2)C2CCC1C2. The number of halogens is 1. The number of aliphatic carboxylic acids is 1. The van der Waals surface area contributed by atoms with Crippen molar-refractivity contribution in [2.75, 3.05) is 5.75 Å². The van der Waals surface area contributed by atoms with Crippen molar-refractivity contribution in [3.05, 3.63) is 59.6 Å². The molecule has 0 amide bonds. The Morgan fingerprint density at radius 3 is 2.72 bits per heavy atom. The minimum atomic E-state index is -3.47. The lowest BCUT2D eigenvalue weighted by atomic mass is 9.84. The van der Waals surface area contributed by atoms with Gasteiger partial charge in [0.05, 0.1) is 5.75 Å². The Labute approximate surface area is 171 Å². The third-order valence-electron chi connectivity index (χ3n) is 5.92. The van der Waals surface area contributed by atoms with Crippen LogP contribution in [0.15, 0.2) is 48.2 Å². The third kappa shape index (κ3) is 6.16. The van der Waals surface area contributed by atoms with Crippen molar-refractivity contribution >= 4 is 16.0 Å². The highest BCUT2D eigenvalue weighted by atomic mass is 32.2. The summed E-state index contributed by atoms with van der Waals surface area (Å²) in [6.45, 7) is 0. The van der Waals surface area contributed by atoms with E-state index in [4.69, 9.17) is 5.11 Å². The first kappa shape index (κ1) is 21.6. The van der Waals surface area contributed by atoms with Crippen LogP contribution in [0.5, 0.6) is 0 Å². The van der Waals surface area contributed by atoms with Crippen LogP contribution >= 0.6 is 0 Å². The molecule has 29 heavy (non-hydrogen) atoms. The maximum atomic E-state index is 13.0. The van der Waals surface area contributed by atoms with E-state index in [1.54, 1.807) is 18.3 Å². The maximum absolute atomic E-state index is 13.0. The fourth-order valence-electron chi connectivity index (χ4n) is 4.41. The Morgan fingerprint density at radius 2 is 2.00 bits per heavy atom. The van der Waals surface area contributed by atoms with Gasteiger partial charge >= 0.3 is 5.97 Å². The van der Waals surface area contributed by atoms with E-state index in [9.17, 15) is 17.6 Å². The lowest BCUT2D eigenvalue weighted by Crippen LogP contribution is -2.24. The highest BCUT2D eigenvalue weighted by molar-refractivity contribution is 7.89. The molecule has 158 valence electrons. The molecule has 3 rings (SSSR count). The Bertz CT molecular complexity index is 877. The van der Waals surface area contributed by atoms with E-state index in [1.165, 1.54) is 12.1 Å². The number of hydrogen-bond donors (Lipinski definition) is 2. The lowest BCUT2D eigenvalue weighted by Gasteiger charge is -2.22. The molecule has 0 aliphatic heterocycles. The molecule has 7 heteroatoms. The van der Waals surface area contributed by atoms with Crippen LogP contribution in [0, 0.1) is 23.6 Å². The van der Waals surface area contributed by atoms with Crippen molar-refractivity contribution in [2.45, 2.75) is 44.9 Å². The number of hydrogen-bond acceptors (Lipinski definition) is 3. The fraction of sp³-hybridized carbons (Fsp3) is 0.500. The number of sulfonamides is 1. The van der Waals surface area contributed by atoms with Crippen LogP contribution in [0.25, 0.3) is 0 Å². The molecular formula is C22H28FNO4S. The van der Waals surface area contributed by atoms with Gasteiger partial charge in [-0.2, -0.15) is 0 Å². The van der Waals surface area contributed by atoms with Crippen LogP contribution in [0.4, 0.5) is 4.39 Å². The van der Waals surface area contributed by atoms with Crippen molar-refractivity contribution in [1.82, 2.24) is 4.72 Å². The van der Waals surface area contributed by atoms with Crippen LogP contribution in [0.1, 0.15) is 44.1 Å². The largest absolute Gasteiger partial charge is 0.481 e. The van der Waals surface area contributed by atoms with E-state index < -0.39 is 16.0 Å². The molecule has 2 fully saturated rings. The molecule has 0 spiro atoms. The van der Waals surface area contributed by atoms with E-state index in [0.717, 1.165) is 36.8 Å². The number of fused-ring (bicyclic) bond motifs is 2. The van der Waals surface area contributed by atoms with Gasteiger partial charge in [-0.15, -0.1) is 0 Å². The monoisotopic (exact) mass is 421 g/mol. The van der Waals surface area contributed by atoms with Gasteiger partial charge in [-0.05, 0) is 73.6 Å². The third-order valence-corrected chi connectivity index (χ3v) is 7.14. The van der Waals surface area contributed by atoms with Crippen LogP contribution < -0.4 is 4.72 Å². The molecule has 2 saturated carbocycles. The molecule has 3 unspecified atom stereocenters. The summed E-state index contributed by atoms with van der Waals surface area (Å²) in [7, 11) is -3.47. The van der Waals surface area contributed by atoms with Gasteiger partial charge in [0.1, 0.15) is 5.82 Å². The second kappa shape index (κ2) is 9.57. The molecule has 0 heterocycles. The summed E-state index contributed by atoms with van der Waals surface area (Å²) >= 11 is 0. The van der Waals surface area contributed by atoms with Gasteiger partial charge < -0.3 is 5.11 Å². The molecule has 0 aromatic heterocycles. The second-order valence-electron chi connectivity index (χ2n) is 7.97. The first-order valence-corrected chi connectivity index (χ1v) is 11.8. The number of rotatable bonds is 10. The molecule has 1 aromatic carbocycles. The standard InChI is InChI=1S/C22H28FNO4S/c23-19-10-6-16(7-11-19)12-13-29(27,28)24-15-21-18-9-8-17(14-18)20(21)4-2-1-3-5-22(25)26/h2,4,6-7,10-11,15,17-18,20,24H,1,3,5,8-9,12-14H2,(H,25,26). The predicted molar refractivity (Wildman–Crippen MR) is 110 cm³/mol. The molecular weight excluding hydrogens is 393 g/mol. The van der Waals surface area contributed by atoms with Gasteiger partial charge in [0, 0.05) is 18.5 Å². The molecule has 5 nitrogen and oxygen atoms in total. The number of carbonyl (C=O) groups is 1. The number of nitrogens with one attached hydrogen (secondary N) is 1. The van der Waals surface area contributed by atoms with E-state index in [-0.39, 0.29) is 23.9 Å². The van der Waals surface area contributed by atoms with Gasteiger partial charge in [0.15, 0.2) is 0 Å². The van der Waals surface area contributed by atoms with Gasteiger partial charge in [-0.3, -0.25) is 9.52 Å². The number of carboxylic acid groups (broad SMARTS) is 1. The summed E-state index contributed by atoms with van der Waals surface area (Å²) in [6.07, 6.45) is 11.0. The van der Waals surface area contributed by atoms with Crippen LogP contribution in [-0.4, -0.2) is 25.2 Å². The van der Waals surface area contributed by atoms with Crippen molar-refractivity contribution in [3.8, 4) is 0 Å². The summed E-state index contributed by atoms with van der Waals surface area (Å²) in [5.41, 5.74) is 1.92. The predicted octanol–water partition coefficient (Wildman–Crippen LogP) is 4.03. The van der Waals surface area contributed by atoms with E-state index in [2.05, 4.69) is 10.8 Å². The van der Waals surface area contributed by atoms with E-state index >= 15 is 0 Å². The summed E-state index contributed by atoms with van der Waals surface area (Å²) < 4.78 is 40.4. The summed E-state index contributed by atoms with van der Waals surface area (Å²) in [4.78, 5) is 10.6. The smallest absolute Gasteiger partial charge is 0.303 e. The van der Waals surface area contributed by atoms with Crippen molar-refractivity contribution in [3.63, 3.8) is 0 Å². The zero-order valence-corrected chi connectivity index (χ0v) is 17.2.